The van der Waals surface area contributed by atoms with E-state index in [1.54, 1.807) is 13.0 Å². The van der Waals surface area contributed by atoms with Crippen LogP contribution >= 0.6 is 11.6 Å². The van der Waals surface area contributed by atoms with Crippen LogP contribution in [0, 0.1) is 12.7 Å². The Morgan fingerprint density at radius 3 is 2.61 bits per heavy atom. The Labute approximate surface area is 136 Å². The van der Waals surface area contributed by atoms with Crippen molar-refractivity contribution in [1.29, 1.82) is 0 Å². The van der Waals surface area contributed by atoms with Gasteiger partial charge in [0.25, 0.3) is 5.91 Å². The Morgan fingerprint density at radius 1 is 1.13 bits per heavy atom. The summed E-state index contributed by atoms with van der Waals surface area (Å²) in [5, 5.41) is 10.8. The second-order valence-electron chi connectivity index (χ2n) is 4.81. The van der Waals surface area contributed by atoms with Crippen molar-refractivity contribution in [3.8, 4) is 5.69 Å². The highest BCUT2D eigenvalue weighted by atomic mass is 35.5. The molecule has 7 heteroatoms. The maximum Gasteiger partial charge on any atom is 0.278 e. The fourth-order valence-electron chi connectivity index (χ4n) is 2.05. The van der Waals surface area contributed by atoms with Gasteiger partial charge < -0.3 is 5.32 Å². The Kier molecular flexibility index (Phi) is 4.08. The predicted octanol–water partition coefficient (Wildman–Crippen LogP) is 3.62. The first kappa shape index (κ1) is 15.2. The van der Waals surface area contributed by atoms with E-state index in [1.165, 1.54) is 16.9 Å². The second kappa shape index (κ2) is 6.18. The SMILES string of the molecule is Cc1nn(-c2ccccc2)nc1C(=O)Nc1cccc(Cl)c1F. The van der Waals surface area contributed by atoms with Gasteiger partial charge in [-0.15, -0.1) is 5.10 Å². The molecule has 0 aliphatic rings. The molecule has 0 bridgehead atoms. The molecular formula is C16H12ClFN4O. The van der Waals surface area contributed by atoms with Crippen LogP contribution in [0.3, 0.4) is 0 Å². The average Bonchev–Trinajstić information content (AvgIpc) is 2.95. The number of rotatable bonds is 3. The topological polar surface area (TPSA) is 59.8 Å². The van der Waals surface area contributed by atoms with E-state index in [-0.39, 0.29) is 16.4 Å². The lowest BCUT2D eigenvalue weighted by molar-refractivity contribution is 0.102. The van der Waals surface area contributed by atoms with Gasteiger partial charge in [-0.25, -0.2) is 4.39 Å². The van der Waals surface area contributed by atoms with Gasteiger partial charge in [0.15, 0.2) is 11.5 Å². The second-order valence-corrected chi connectivity index (χ2v) is 5.22. The summed E-state index contributed by atoms with van der Waals surface area (Å²) in [7, 11) is 0. The van der Waals surface area contributed by atoms with E-state index in [9.17, 15) is 9.18 Å². The van der Waals surface area contributed by atoms with Crippen LogP contribution in [0.4, 0.5) is 10.1 Å². The summed E-state index contributed by atoms with van der Waals surface area (Å²) in [4.78, 5) is 13.7. The monoisotopic (exact) mass is 330 g/mol. The van der Waals surface area contributed by atoms with Crippen molar-refractivity contribution in [2.24, 2.45) is 0 Å². The first-order valence-electron chi connectivity index (χ1n) is 6.81. The maximum atomic E-state index is 13.9. The number of para-hydroxylation sites is 1. The third kappa shape index (κ3) is 3.07. The number of carbonyl (C=O) groups is 1. The molecule has 1 heterocycles. The average molecular weight is 331 g/mol. The van der Waals surface area contributed by atoms with Crippen LogP contribution in [-0.2, 0) is 0 Å². The smallest absolute Gasteiger partial charge is 0.278 e. The van der Waals surface area contributed by atoms with E-state index in [2.05, 4.69) is 15.5 Å². The van der Waals surface area contributed by atoms with Gasteiger partial charge in [-0.2, -0.15) is 9.90 Å². The molecule has 2 aromatic carbocycles. The van der Waals surface area contributed by atoms with Gasteiger partial charge in [-0.05, 0) is 31.2 Å². The minimum atomic E-state index is -0.685. The minimum absolute atomic E-state index is 0.00355. The summed E-state index contributed by atoms with van der Waals surface area (Å²) >= 11 is 5.70. The number of hydrogen-bond acceptors (Lipinski definition) is 3. The lowest BCUT2D eigenvalue weighted by atomic mass is 10.2. The number of halogens is 2. The summed E-state index contributed by atoms with van der Waals surface area (Å²) in [5.74, 6) is -1.23. The zero-order chi connectivity index (χ0) is 16.4. The van der Waals surface area contributed by atoms with Crippen LogP contribution in [0.2, 0.25) is 5.02 Å². The number of benzene rings is 2. The molecule has 5 nitrogen and oxygen atoms in total. The van der Waals surface area contributed by atoms with Crippen molar-refractivity contribution in [2.45, 2.75) is 6.92 Å². The van der Waals surface area contributed by atoms with Gasteiger partial charge in [0.2, 0.25) is 0 Å². The maximum absolute atomic E-state index is 13.9. The lowest BCUT2D eigenvalue weighted by Gasteiger charge is -2.05. The van der Waals surface area contributed by atoms with E-state index in [0.29, 0.717) is 5.69 Å². The number of hydrogen-bond donors (Lipinski definition) is 1. The molecule has 0 fully saturated rings. The molecule has 3 rings (SSSR count). The van der Waals surface area contributed by atoms with Crippen LogP contribution in [0.5, 0.6) is 0 Å². The Hall–Kier alpha value is -2.73. The molecule has 116 valence electrons. The standard InChI is InChI=1S/C16H12ClFN4O/c1-10-15(21-22(20-10)11-6-3-2-4-7-11)16(23)19-13-9-5-8-12(17)14(13)18/h2-9H,1H3,(H,19,23). The molecule has 0 atom stereocenters. The molecule has 0 saturated carbocycles. The Balaban J connectivity index is 1.89. The summed E-state index contributed by atoms with van der Waals surface area (Å²) in [6, 6.07) is 13.6. The van der Waals surface area contributed by atoms with Crippen molar-refractivity contribution < 1.29 is 9.18 Å². The van der Waals surface area contributed by atoms with Crippen LogP contribution in [0.25, 0.3) is 5.69 Å². The van der Waals surface area contributed by atoms with Gasteiger partial charge in [0.05, 0.1) is 22.1 Å². The number of aryl methyl sites for hydroxylation is 1. The fraction of sp³-hybridized carbons (Fsp3) is 0.0625. The molecule has 1 N–H and O–H groups in total. The van der Waals surface area contributed by atoms with E-state index in [0.717, 1.165) is 5.69 Å². The van der Waals surface area contributed by atoms with Crippen molar-refractivity contribution >= 4 is 23.2 Å². The molecule has 0 aliphatic heterocycles. The summed E-state index contributed by atoms with van der Waals surface area (Å²) in [6.07, 6.45) is 0. The van der Waals surface area contributed by atoms with Crippen molar-refractivity contribution in [3.63, 3.8) is 0 Å². The van der Waals surface area contributed by atoms with E-state index >= 15 is 0 Å². The molecule has 0 spiro atoms. The molecule has 23 heavy (non-hydrogen) atoms. The number of anilines is 1. The number of nitrogens with one attached hydrogen (secondary N) is 1. The normalized spacial score (nSPS) is 10.6. The third-order valence-corrected chi connectivity index (χ3v) is 3.48. The molecule has 0 radical (unpaired) electrons. The number of amides is 1. The molecule has 0 unspecified atom stereocenters. The molecule has 0 saturated heterocycles. The number of nitrogens with zero attached hydrogens (tertiary/aromatic N) is 3. The van der Waals surface area contributed by atoms with E-state index in [4.69, 9.17) is 11.6 Å². The molecular weight excluding hydrogens is 319 g/mol. The lowest BCUT2D eigenvalue weighted by Crippen LogP contribution is -2.15. The van der Waals surface area contributed by atoms with Crippen LogP contribution in [0.1, 0.15) is 16.2 Å². The molecule has 0 aliphatic carbocycles. The predicted molar refractivity (Wildman–Crippen MR) is 85.5 cm³/mol. The number of aromatic nitrogens is 3. The van der Waals surface area contributed by atoms with E-state index in [1.807, 2.05) is 30.3 Å². The number of carbonyl (C=O) groups excluding carboxylic acids is 1. The fourth-order valence-corrected chi connectivity index (χ4v) is 2.22. The van der Waals surface area contributed by atoms with Gasteiger partial charge in [0, 0.05) is 0 Å². The van der Waals surface area contributed by atoms with Gasteiger partial charge in [-0.3, -0.25) is 4.79 Å². The largest absolute Gasteiger partial charge is 0.318 e. The Bertz CT molecular complexity index is 864. The first-order chi connectivity index (χ1) is 11.1. The van der Waals surface area contributed by atoms with Gasteiger partial charge in [0.1, 0.15) is 0 Å². The van der Waals surface area contributed by atoms with Crippen LogP contribution < -0.4 is 5.32 Å². The zero-order valence-electron chi connectivity index (χ0n) is 12.1. The quantitative estimate of drug-likeness (QED) is 0.798. The highest BCUT2D eigenvalue weighted by molar-refractivity contribution is 6.31. The highest BCUT2D eigenvalue weighted by Crippen LogP contribution is 2.22. The van der Waals surface area contributed by atoms with E-state index < -0.39 is 11.7 Å². The highest BCUT2D eigenvalue weighted by Gasteiger charge is 2.18. The van der Waals surface area contributed by atoms with Crippen LogP contribution in [-0.4, -0.2) is 20.9 Å². The first-order valence-corrected chi connectivity index (χ1v) is 7.19. The van der Waals surface area contributed by atoms with Crippen molar-refractivity contribution in [3.05, 3.63) is 70.8 Å². The summed E-state index contributed by atoms with van der Waals surface area (Å²) in [6.45, 7) is 1.66. The minimum Gasteiger partial charge on any atom is -0.318 e. The zero-order valence-corrected chi connectivity index (χ0v) is 12.9. The summed E-state index contributed by atoms with van der Waals surface area (Å²) < 4.78 is 13.9. The van der Waals surface area contributed by atoms with Crippen LogP contribution in [0.15, 0.2) is 48.5 Å². The van der Waals surface area contributed by atoms with Crippen molar-refractivity contribution in [2.75, 3.05) is 5.32 Å². The van der Waals surface area contributed by atoms with Gasteiger partial charge in [-0.1, -0.05) is 35.9 Å². The Morgan fingerprint density at radius 2 is 1.87 bits per heavy atom. The van der Waals surface area contributed by atoms with Gasteiger partial charge >= 0.3 is 0 Å². The molecule has 1 aromatic heterocycles. The van der Waals surface area contributed by atoms with Crippen molar-refractivity contribution in [1.82, 2.24) is 15.0 Å². The summed E-state index contributed by atoms with van der Waals surface area (Å²) in [5.41, 5.74) is 1.28. The molecule has 1 amide bonds. The molecule has 3 aromatic rings. The third-order valence-electron chi connectivity index (χ3n) is 3.18.